The largest absolute Gasteiger partial charge is 0.377 e. The number of hydrogen-bond donors (Lipinski definition) is 1. The van der Waals surface area contributed by atoms with Gasteiger partial charge in [-0.15, -0.1) is 22.7 Å². The van der Waals surface area contributed by atoms with E-state index < -0.39 is 0 Å². The van der Waals surface area contributed by atoms with Crippen molar-refractivity contribution in [1.82, 2.24) is 0 Å². The Balaban J connectivity index is 1.85. The molecule has 4 heteroatoms. The summed E-state index contributed by atoms with van der Waals surface area (Å²) in [6.45, 7) is 2.17. The lowest BCUT2D eigenvalue weighted by molar-refractivity contribution is 0.801. The maximum absolute atomic E-state index is 3.73. The first-order valence-electron chi connectivity index (χ1n) is 6.81. The van der Waals surface area contributed by atoms with Crippen LogP contribution in [-0.2, 0) is 6.42 Å². The van der Waals surface area contributed by atoms with E-state index in [1.807, 2.05) is 22.7 Å². The minimum absolute atomic E-state index is 0.336. The maximum atomic E-state index is 3.73. The molecule has 0 amide bonds. The molecule has 1 nitrogen and oxygen atoms in total. The van der Waals surface area contributed by atoms with E-state index in [0.717, 1.165) is 6.42 Å². The van der Waals surface area contributed by atoms with E-state index in [2.05, 4.69) is 88.1 Å². The van der Waals surface area contributed by atoms with Crippen LogP contribution in [0.15, 0.2) is 53.2 Å². The molecule has 3 aromatic rings. The van der Waals surface area contributed by atoms with Gasteiger partial charge in [-0.05, 0) is 76.2 Å². The summed E-state index contributed by atoms with van der Waals surface area (Å²) in [4.78, 5) is 2.81. The number of halogens is 1. The predicted molar refractivity (Wildman–Crippen MR) is 103 cm³/mol. The fraction of sp³-hybridized carbons (Fsp3) is 0.176. The van der Waals surface area contributed by atoms with Crippen molar-refractivity contribution in [2.75, 3.05) is 5.32 Å². The van der Waals surface area contributed by atoms with Crippen LogP contribution in [0.1, 0.15) is 21.4 Å². The molecule has 3 rings (SSSR count). The summed E-state index contributed by atoms with van der Waals surface area (Å²) in [5, 5.41) is 8.03. The smallest absolute Gasteiger partial charge is 0.0654 e. The summed E-state index contributed by atoms with van der Waals surface area (Å²) in [5.74, 6) is 0. The van der Waals surface area contributed by atoms with E-state index in [9.17, 15) is 0 Å². The summed E-state index contributed by atoms with van der Waals surface area (Å²) in [6, 6.07) is 15.6. The van der Waals surface area contributed by atoms with Crippen LogP contribution in [0, 0.1) is 10.5 Å². The molecule has 0 fully saturated rings. The molecule has 2 heterocycles. The summed E-state index contributed by atoms with van der Waals surface area (Å²) >= 11 is 6.01. The predicted octanol–water partition coefficient (Wildman–Crippen LogP) is 6.12. The summed E-state index contributed by atoms with van der Waals surface area (Å²) in [5.41, 5.74) is 2.53. The highest BCUT2D eigenvalue weighted by Crippen LogP contribution is 2.30. The molecular weight excluding hydrogens is 409 g/mol. The Bertz CT molecular complexity index is 690. The molecule has 0 bridgehead atoms. The number of anilines is 1. The zero-order valence-electron chi connectivity index (χ0n) is 11.7. The summed E-state index contributed by atoms with van der Waals surface area (Å²) in [6.07, 6.45) is 1.03. The fourth-order valence-corrected chi connectivity index (χ4v) is 4.50. The first-order chi connectivity index (χ1) is 10.2. The third-order valence-corrected chi connectivity index (χ3v) is 5.95. The Kier molecular flexibility index (Phi) is 4.98. The number of benzene rings is 1. The number of aryl methyl sites for hydroxylation is 1. The van der Waals surface area contributed by atoms with E-state index >= 15 is 0 Å². The second-order valence-electron chi connectivity index (χ2n) is 4.96. The molecule has 1 N–H and O–H groups in total. The average Bonchev–Trinajstić information content (AvgIpc) is 3.13. The number of hydrogen-bond acceptors (Lipinski definition) is 3. The van der Waals surface area contributed by atoms with Gasteiger partial charge in [-0.25, -0.2) is 0 Å². The van der Waals surface area contributed by atoms with Crippen molar-refractivity contribution in [3.8, 4) is 0 Å². The molecule has 21 heavy (non-hydrogen) atoms. The van der Waals surface area contributed by atoms with Crippen LogP contribution in [0.5, 0.6) is 0 Å². The van der Waals surface area contributed by atoms with E-state index in [1.165, 1.54) is 24.6 Å². The van der Waals surface area contributed by atoms with Crippen molar-refractivity contribution in [3.63, 3.8) is 0 Å². The lowest BCUT2D eigenvalue weighted by Crippen LogP contribution is -2.12. The van der Waals surface area contributed by atoms with Crippen molar-refractivity contribution in [2.24, 2.45) is 0 Å². The highest BCUT2D eigenvalue weighted by molar-refractivity contribution is 14.1. The van der Waals surface area contributed by atoms with Crippen LogP contribution in [-0.4, -0.2) is 0 Å². The van der Waals surface area contributed by atoms with Crippen LogP contribution in [0.2, 0.25) is 0 Å². The minimum atomic E-state index is 0.336. The van der Waals surface area contributed by atoms with Crippen LogP contribution in [0.3, 0.4) is 0 Å². The Morgan fingerprint density at radius 1 is 1.10 bits per heavy atom. The Hall–Kier alpha value is -0.850. The molecule has 1 aromatic carbocycles. The van der Waals surface area contributed by atoms with E-state index in [4.69, 9.17) is 0 Å². The zero-order valence-corrected chi connectivity index (χ0v) is 15.5. The van der Waals surface area contributed by atoms with Crippen LogP contribution < -0.4 is 5.32 Å². The number of thiophene rings is 2. The topological polar surface area (TPSA) is 12.0 Å². The van der Waals surface area contributed by atoms with Crippen molar-refractivity contribution in [3.05, 3.63) is 72.1 Å². The van der Waals surface area contributed by atoms with Gasteiger partial charge < -0.3 is 5.32 Å². The van der Waals surface area contributed by atoms with Crippen molar-refractivity contribution < 1.29 is 0 Å². The van der Waals surface area contributed by atoms with Gasteiger partial charge in [-0.3, -0.25) is 0 Å². The molecule has 0 aliphatic rings. The van der Waals surface area contributed by atoms with Crippen molar-refractivity contribution in [1.29, 1.82) is 0 Å². The molecule has 0 saturated carbocycles. The van der Waals surface area contributed by atoms with Crippen LogP contribution in [0.25, 0.3) is 0 Å². The third kappa shape index (κ3) is 3.87. The molecule has 0 saturated heterocycles. The molecular formula is C17H16INS2. The molecule has 0 radical (unpaired) electrons. The highest BCUT2D eigenvalue weighted by Gasteiger charge is 2.15. The van der Waals surface area contributed by atoms with Gasteiger partial charge in [-0.2, -0.15) is 0 Å². The van der Waals surface area contributed by atoms with Gasteiger partial charge in [0.25, 0.3) is 0 Å². The van der Waals surface area contributed by atoms with Crippen molar-refractivity contribution in [2.45, 2.75) is 19.4 Å². The van der Waals surface area contributed by atoms with Crippen LogP contribution >= 0.6 is 45.3 Å². The second-order valence-corrected chi connectivity index (χ2v) is 8.21. The molecule has 0 spiro atoms. The standard InChI is InChI=1S/C17H16INS2/c1-12-10-13(18)6-7-15(12)19-16(17-5-3-9-21-17)11-14-4-2-8-20-14/h2-10,16,19H,11H2,1H3. The van der Waals surface area contributed by atoms with Gasteiger partial charge in [0.2, 0.25) is 0 Å². The summed E-state index contributed by atoms with van der Waals surface area (Å²) in [7, 11) is 0. The Morgan fingerprint density at radius 3 is 2.57 bits per heavy atom. The summed E-state index contributed by atoms with van der Waals surface area (Å²) < 4.78 is 1.28. The van der Waals surface area contributed by atoms with E-state index in [0.29, 0.717) is 6.04 Å². The minimum Gasteiger partial charge on any atom is -0.377 e. The fourth-order valence-electron chi connectivity index (χ4n) is 2.32. The second kappa shape index (κ2) is 6.94. The number of nitrogens with one attached hydrogen (secondary N) is 1. The van der Waals surface area contributed by atoms with E-state index in [-0.39, 0.29) is 0 Å². The molecule has 0 aliphatic heterocycles. The molecule has 2 aromatic heterocycles. The molecule has 108 valence electrons. The van der Waals surface area contributed by atoms with Gasteiger partial charge in [-0.1, -0.05) is 12.1 Å². The normalized spacial score (nSPS) is 12.3. The van der Waals surface area contributed by atoms with Gasteiger partial charge in [0.05, 0.1) is 6.04 Å². The lowest BCUT2D eigenvalue weighted by atomic mass is 10.1. The SMILES string of the molecule is Cc1cc(I)ccc1NC(Cc1cccs1)c1cccs1. The highest BCUT2D eigenvalue weighted by atomic mass is 127. The molecule has 0 aliphatic carbocycles. The average molecular weight is 425 g/mol. The molecule has 1 atom stereocenters. The van der Waals surface area contributed by atoms with Gasteiger partial charge >= 0.3 is 0 Å². The molecule has 1 unspecified atom stereocenters. The quantitative estimate of drug-likeness (QED) is 0.486. The first-order valence-corrected chi connectivity index (χ1v) is 9.64. The van der Waals surface area contributed by atoms with Crippen LogP contribution in [0.4, 0.5) is 5.69 Å². The Labute approximate surface area is 147 Å². The zero-order chi connectivity index (χ0) is 14.7. The number of rotatable bonds is 5. The monoisotopic (exact) mass is 425 g/mol. The van der Waals surface area contributed by atoms with E-state index in [1.54, 1.807) is 0 Å². The maximum Gasteiger partial charge on any atom is 0.0654 e. The lowest BCUT2D eigenvalue weighted by Gasteiger charge is -2.20. The van der Waals surface area contributed by atoms with Gasteiger partial charge in [0.15, 0.2) is 0 Å². The third-order valence-electron chi connectivity index (χ3n) is 3.39. The van der Waals surface area contributed by atoms with Gasteiger partial charge in [0.1, 0.15) is 0 Å². The Morgan fingerprint density at radius 2 is 1.90 bits per heavy atom. The first kappa shape index (κ1) is 15.1. The van der Waals surface area contributed by atoms with Crippen molar-refractivity contribution >= 4 is 51.0 Å². The van der Waals surface area contributed by atoms with Gasteiger partial charge in [0, 0.05) is 25.4 Å².